The number of fused-ring (bicyclic) bond motifs is 2. The lowest BCUT2D eigenvalue weighted by Gasteiger charge is -2.00. The molecule has 4 nitrogen and oxygen atoms in total. The first-order valence-corrected chi connectivity index (χ1v) is 7.34. The Hall–Kier alpha value is -1.40. The van der Waals surface area contributed by atoms with E-state index >= 15 is 0 Å². The van der Waals surface area contributed by atoms with Crippen LogP contribution in [0.15, 0.2) is 0 Å². The highest BCUT2D eigenvalue weighted by atomic mass is 32.1. The number of anilines is 2. The average molecular weight is 278 g/mol. The lowest BCUT2D eigenvalue weighted by atomic mass is 10.1. The Bertz CT molecular complexity index is 625. The fraction of sp³-hybridized carbons (Fsp3) is 0.333. The molecule has 3 aromatic rings. The number of benzene rings is 1. The Balaban J connectivity index is 2.46. The van der Waals surface area contributed by atoms with Crippen LogP contribution in [0.4, 0.5) is 10.3 Å². The van der Waals surface area contributed by atoms with Crippen LogP contribution in [0.3, 0.4) is 0 Å². The SMILES string of the molecule is CNc1nc2c(C)c3sc(NC)nc3c(C)c2s1. The average Bonchev–Trinajstić information content (AvgIpc) is 3.00. The van der Waals surface area contributed by atoms with E-state index in [0.29, 0.717) is 0 Å². The van der Waals surface area contributed by atoms with Crippen LogP contribution in [-0.2, 0) is 0 Å². The van der Waals surface area contributed by atoms with E-state index in [9.17, 15) is 0 Å². The minimum Gasteiger partial charge on any atom is -0.365 e. The Morgan fingerprint density at radius 2 is 1.17 bits per heavy atom. The molecule has 0 aliphatic rings. The second-order valence-electron chi connectivity index (χ2n) is 4.14. The molecule has 2 N–H and O–H groups in total. The van der Waals surface area contributed by atoms with Gasteiger partial charge in [-0.1, -0.05) is 22.7 Å². The molecule has 0 amide bonds. The van der Waals surface area contributed by atoms with Crippen LogP contribution < -0.4 is 10.6 Å². The van der Waals surface area contributed by atoms with Crippen molar-refractivity contribution in [3.8, 4) is 0 Å². The van der Waals surface area contributed by atoms with Gasteiger partial charge >= 0.3 is 0 Å². The molecular weight excluding hydrogens is 264 g/mol. The summed E-state index contributed by atoms with van der Waals surface area (Å²) in [5.41, 5.74) is 4.64. The van der Waals surface area contributed by atoms with Crippen molar-refractivity contribution in [1.29, 1.82) is 0 Å². The first kappa shape index (κ1) is 11.7. The fourth-order valence-corrected chi connectivity index (χ4v) is 4.04. The molecule has 1 aromatic carbocycles. The minimum atomic E-state index is 0.961. The highest BCUT2D eigenvalue weighted by molar-refractivity contribution is 7.24. The molecule has 2 aromatic heterocycles. The first-order chi connectivity index (χ1) is 8.65. The molecule has 0 saturated heterocycles. The van der Waals surface area contributed by atoms with Gasteiger partial charge in [0.1, 0.15) is 0 Å². The van der Waals surface area contributed by atoms with Crippen LogP contribution in [0.1, 0.15) is 11.1 Å². The molecule has 0 aliphatic heterocycles. The van der Waals surface area contributed by atoms with Gasteiger partial charge < -0.3 is 10.6 Å². The number of nitrogens with one attached hydrogen (secondary N) is 2. The number of aromatic nitrogens is 2. The highest BCUT2D eigenvalue weighted by Crippen LogP contribution is 2.39. The van der Waals surface area contributed by atoms with Crippen molar-refractivity contribution in [3.05, 3.63) is 11.1 Å². The van der Waals surface area contributed by atoms with Crippen molar-refractivity contribution >= 4 is 53.4 Å². The van der Waals surface area contributed by atoms with E-state index in [4.69, 9.17) is 0 Å². The van der Waals surface area contributed by atoms with E-state index in [0.717, 1.165) is 21.3 Å². The maximum atomic E-state index is 4.64. The standard InChI is InChI=1S/C12H14N4S2/c1-5-7-10(18-11(13-3)15-7)6(2)8-9(5)17-12(14-4)16-8/h1-4H3,(H,13,15)(H,14,16). The molecule has 0 radical (unpaired) electrons. The molecule has 0 fully saturated rings. The molecule has 3 rings (SSSR count). The predicted molar refractivity (Wildman–Crippen MR) is 81.4 cm³/mol. The van der Waals surface area contributed by atoms with E-state index in [-0.39, 0.29) is 0 Å². The quantitative estimate of drug-likeness (QED) is 0.752. The van der Waals surface area contributed by atoms with Crippen LogP contribution in [0.5, 0.6) is 0 Å². The molecule has 0 saturated carbocycles. The lowest BCUT2D eigenvalue weighted by molar-refractivity contribution is 1.37. The van der Waals surface area contributed by atoms with Crippen LogP contribution in [0.25, 0.3) is 20.4 Å². The van der Waals surface area contributed by atoms with Crippen molar-refractivity contribution in [1.82, 2.24) is 9.97 Å². The van der Waals surface area contributed by atoms with E-state index in [1.807, 2.05) is 14.1 Å². The van der Waals surface area contributed by atoms with Crippen LogP contribution >= 0.6 is 22.7 Å². The van der Waals surface area contributed by atoms with Crippen molar-refractivity contribution in [2.24, 2.45) is 0 Å². The number of nitrogens with zero attached hydrogens (tertiary/aromatic N) is 2. The summed E-state index contributed by atoms with van der Waals surface area (Å²) >= 11 is 3.38. The zero-order valence-electron chi connectivity index (χ0n) is 10.7. The van der Waals surface area contributed by atoms with Crippen molar-refractivity contribution in [2.75, 3.05) is 24.7 Å². The van der Waals surface area contributed by atoms with E-state index in [1.54, 1.807) is 22.7 Å². The predicted octanol–water partition coefficient (Wildman–Crippen LogP) is 3.61. The fourth-order valence-electron chi connectivity index (χ4n) is 2.09. The van der Waals surface area contributed by atoms with Crippen molar-refractivity contribution < 1.29 is 0 Å². The van der Waals surface area contributed by atoms with Gasteiger partial charge in [-0.05, 0) is 25.0 Å². The number of hydrogen-bond acceptors (Lipinski definition) is 6. The summed E-state index contributed by atoms with van der Waals surface area (Å²) in [7, 11) is 3.81. The summed E-state index contributed by atoms with van der Waals surface area (Å²) < 4.78 is 2.47. The summed E-state index contributed by atoms with van der Waals surface area (Å²) in [6, 6.07) is 0. The second-order valence-corrected chi connectivity index (χ2v) is 6.14. The molecule has 6 heteroatoms. The van der Waals surface area contributed by atoms with Gasteiger partial charge in [0.05, 0.1) is 20.4 Å². The van der Waals surface area contributed by atoms with Gasteiger partial charge in [0.2, 0.25) is 0 Å². The van der Waals surface area contributed by atoms with Gasteiger partial charge in [-0.2, -0.15) is 0 Å². The van der Waals surface area contributed by atoms with E-state index < -0.39 is 0 Å². The third kappa shape index (κ3) is 1.49. The molecule has 0 spiro atoms. The largest absolute Gasteiger partial charge is 0.365 e. The third-order valence-corrected chi connectivity index (χ3v) is 5.46. The normalized spacial score (nSPS) is 11.3. The minimum absolute atomic E-state index is 0.961. The van der Waals surface area contributed by atoms with Crippen LogP contribution in [-0.4, -0.2) is 24.1 Å². The zero-order valence-corrected chi connectivity index (χ0v) is 12.3. The molecule has 18 heavy (non-hydrogen) atoms. The van der Waals surface area contributed by atoms with Gasteiger partial charge in [-0.3, -0.25) is 0 Å². The first-order valence-electron chi connectivity index (χ1n) is 5.71. The van der Waals surface area contributed by atoms with E-state index in [2.05, 4.69) is 34.4 Å². The Kier molecular flexibility index (Phi) is 2.64. The summed E-state index contributed by atoms with van der Waals surface area (Å²) in [4.78, 5) is 9.29. The molecule has 2 heterocycles. The monoisotopic (exact) mass is 278 g/mol. The summed E-state index contributed by atoms with van der Waals surface area (Å²) in [5, 5.41) is 8.16. The summed E-state index contributed by atoms with van der Waals surface area (Å²) in [5.74, 6) is 0. The number of aryl methyl sites for hydroxylation is 2. The highest BCUT2D eigenvalue weighted by Gasteiger charge is 2.16. The van der Waals surface area contributed by atoms with Crippen molar-refractivity contribution in [2.45, 2.75) is 13.8 Å². The third-order valence-electron chi connectivity index (χ3n) is 3.07. The second kappa shape index (κ2) is 4.07. The molecule has 0 bridgehead atoms. The van der Waals surface area contributed by atoms with Crippen LogP contribution in [0, 0.1) is 13.8 Å². The maximum Gasteiger partial charge on any atom is 0.183 e. The van der Waals surface area contributed by atoms with Gasteiger partial charge in [0, 0.05) is 14.1 Å². The number of hydrogen-bond donors (Lipinski definition) is 2. The van der Waals surface area contributed by atoms with Gasteiger partial charge in [-0.25, -0.2) is 9.97 Å². The summed E-state index contributed by atoms with van der Waals surface area (Å²) in [6.45, 7) is 4.25. The van der Waals surface area contributed by atoms with Crippen LogP contribution in [0.2, 0.25) is 0 Å². The van der Waals surface area contributed by atoms with Crippen molar-refractivity contribution in [3.63, 3.8) is 0 Å². The van der Waals surface area contributed by atoms with Gasteiger partial charge in [0.25, 0.3) is 0 Å². The molecular formula is C12H14N4S2. The topological polar surface area (TPSA) is 49.8 Å². The zero-order chi connectivity index (χ0) is 12.9. The molecule has 0 atom stereocenters. The maximum absolute atomic E-state index is 4.64. The molecule has 0 unspecified atom stereocenters. The smallest absolute Gasteiger partial charge is 0.183 e. The van der Waals surface area contributed by atoms with Gasteiger partial charge in [-0.15, -0.1) is 0 Å². The van der Waals surface area contributed by atoms with E-state index in [1.165, 1.54) is 20.5 Å². The molecule has 0 aliphatic carbocycles. The number of rotatable bonds is 2. The number of thiazole rings is 2. The summed E-state index contributed by atoms with van der Waals surface area (Å²) in [6.07, 6.45) is 0. The Labute approximate surface area is 113 Å². The Morgan fingerprint density at radius 1 is 0.778 bits per heavy atom. The lowest BCUT2D eigenvalue weighted by Crippen LogP contribution is -1.86. The van der Waals surface area contributed by atoms with Gasteiger partial charge in [0.15, 0.2) is 10.3 Å². The Morgan fingerprint density at radius 3 is 1.50 bits per heavy atom. The molecule has 94 valence electrons.